The van der Waals surface area contributed by atoms with Gasteiger partial charge < -0.3 is 5.32 Å². The lowest BCUT2D eigenvalue weighted by molar-refractivity contribution is 0.102. The van der Waals surface area contributed by atoms with Gasteiger partial charge in [0, 0.05) is 11.4 Å². The number of aryl methyl sites for hydroxylation is 3. The van der Waals surface area contributed by atoms with E-state index in [9.17, 15) is 4.79 Å². The van der Waals surface area contributed by atoms with Crippen molar-refractivity contribution in [3.05, 3.63) is 58.9 Å². The summed E-state index contributed by atoms with van der Waals surface area (Å²) in [5.74, 6) is -0.160. The Bertz CT molecular complexity index is 605. The average Bonchev–Trinajstić information content (AvgIpc) is 2.41. The van der Waals surface area contributed by atoms with Crippen molar-refractivity contribution in [1.29, 1.82) is 0 Å². The summed E-state index contributed by atoms with van der Waals surface area (Å²) in [4.78, 5) is 16.5. The fourth-order valence-electron chi connectivity index (χ4n) is 2.05. The Hall–Kier alpha value is -2.16. The monoisotopic (exact) mass is 254 g/mol. The first-order valence-corrected chi connectivity index (χ1v) is 6.45. The highest BCUT2D eigenvalue weighted by Crippen LogP contribution is 2.21. The van der Waals surface area contributed by atoms with E-state index in [1.807, 2.05) is 44.2 Å². The summed E-state index contributed by atoms with van der Waals surface area (Å²) in [7, 11) is 0. The largest absolute Gasteiger partial charge is 0.320 e. The van der Waals surface area contributed by atoms with E-state index < -0.39 is 0 Å². The number of benzene rings is 1. The normalized spacial score (nSPS) is 10.3. The average molecular weight is 254 g/mol. The zero-order valence-electron chi connectivity index (χ0n) is 11.5. The fraction of sp³-hybridized carbons (Fsp3) is 0.250. The number of para-hydroxylation sites is 1. The van der Waals surface area contributed by atoms with Gasteiger partial charge >= 0.3 is 0 Å². The van der Waals surface area contributed by atoms with Crippen molar-refractivity contribution in [2.24, 2.45) is 0 Å². The second-order valence-electron chi connectivity index (χ2n) is 4.58. The maximum atomic E-state index is 12.2. The summed E-state index contributed by atoms with van der Waals surface area (Å²) in [5.41, 5.74) is 4.40. The molecule has 19 heavy (non-hydrogen) atoms. The Labute approximate surface area is 113 Å². The van der Waals surface area contributed by atoms with Crippen molar-refractivity contribution in [2.45, 2.75) is 27.2 Å². The van der Waals surface area contributed by atoms with Crippen LogP contribution in [0.25, 0.3) is 0 Å². The van der Waals surface area contributed by atoms with E-state index >= 15 is 0 Å². The summed E-state index contributed by atoms with van der Waals surface area (Å²) >= 11 is 0. The summed E-state index contributed by atoms with van der Waals surface area (Å²) in [6.45, 7) is 5.95. The molecule has 0 bridgehead atoms. The second-order valence-corrected chi connectivity index (χ2v) is 4.58. The molecule has 3 heteroatoms. The Morgan fingerprint density at radius 3 is 2.58 bits per heavy atom. The van der Waals surface area contributed by atoms with Crippen LogP contribution < -0.4 is 5.32 Å². The second kappa shape index (κ2) is 5.65. The Morgan fingerprint density at radius 1 is 1.16 bits per heavy atom. The molecule has 1 amide bonds. The molecule has 0 radical (unpaired) electrons. The van der Waals surface area contributed by atoms with Gasteiger partial charge in [-0.05, 0) is 43.5 Å². The molecule has 0 atom stereocenters. The highest BCUT2D eigenvalue weighted by Gasteiger charge is 2.11. The van der Waals surface area contributed by atoms with Crippen molar-refractivity contribution in [1.82, 2.24) is 4.98 Å². The highest BCUT2D eigenvalue weighted by molar-refractivity contribution is 6.03. The molecule has 1 heterocycles. The molecule has 1 aromatic heterocycles. The van der Waals surface area contributed by atoms with Crippen LogP contribution in [0, 0.1) is 13.8 Å². The van der Waals surface area contributed by atoms with Gasteiger partial charge in [-0.3, -0.25) is 4.79 Å². The molecular weight excluding hydrogens is 236 g/mol. The van der Waals surface area contributed by atoms with Crippen molar-refractivity contribution in [3.8, 4) is 0 Å². The molecule has 98 valence electrons. The van der Waals surface area contributed by atoms with Crippen LogP contribution in [-0.2, 0) is 6.42 Å². The van der Waals surface area contributed by atoms with Crippen LogP contribution in [-0.4, -0.2) is 10.9 Å². The number of aromatic nitrogens is 1. The van der Waals surface area contributed by atoms with Gasteiger partial charge in [-0.1, -0.05) is 31.2 Å². The van der Waals surface area contributed by atoms with Gasteiger partial charge in [0.1, 0.15) is 5.69 Å². The lowest BCUT2D eigenvalue weighted by Gasteiger charge is -2.12. The first-order valence-electron chi connectivity index (χ1n) is 6.45. The number of amides is 1. The molecule has 0 spiro atoms. The van der Waals surface area contributed by atoms with Crippen molar-refractivity contribution in [2.75, 3.05) is 5.32 Å². The quantitative estimate of drug-likeness (QED) is 0.910. The molecule has 3 nitrogen and oxygen atoms in total. The summed E-state index contributed by atoms with van der Waals surface area (Å²) < 4.78 is 0. The number of pyridine rings is 1. The molecule has 2 rings (SSSR count). The molecule has 0 aliphatic carbocycles. The Balaban J connectivity index is 2.29. The van der Waals surface area contributed by atoms with Gasteiger partial charge in [-0.2, -0.15) is 0 Å². The van der Waals surface area contributed by atoms with Crippen molar-refractivity contribution >= 4 is 11.6 Å². The van der Waals surface area contributed by atoms with E-state index in [1.165, 1.54) is 0 Å². The van der Waals surface area contributed by atoms with Crippen LogP contribution >= 0.6 is 0 Å². The first kappa shape index (κ1) is 13.3. The lowest BCUT2D eigenvalue weighted by Crippen LogP contribution is -2.16. The number of hydrogen-bond acceptors (Lipinski definition) is 2. The smallest absolute Gasteiger partial charge is 0.274 e. The van der Waals surface area contributed by atoms with Crippen LogP contribution in [0.15, 0.2) is 36.4 Å². The third-order valence-electron chi connectivity index (χ3n) is 3.10. The number of carbonyl (C=O) groups excluding carboxylic acids is 1. The summed E-state index contributed by atoms with van der Waals surface area (Å²) in [6, 6.07) is 11.5. The molecule has 0 aliphatic heterocycles. The SMILES string of the molecule is CCc1cccc(C)c1NC(=O)c1cccc(C)n1. The zero-order chi connectivity index (χ0) is 13.8. The van der Waals surface area contributed by atoms with E-state index in [4.69, 9.17) is 0 Å². The Morgan fingerprint density at radius 2 is 1.89 bits per heavy atom. The predicted molar refractivity (Wildman–Crippen MR) is 77.5 cm³/mol. The van der Waals surface area contributed by atoms with Gasteiger partial charge in [0.05, 0.1) is 0 Å². The Kier molecular flexibility index (Phi) is 3.95. The lowest BCUT2D eigenvalue weighted by atomic mass is 10.1. The molecule has 0 fully saturated rings. The van der Waals surface area contributed by atoms with E-state index in [0.717, 1.165) is 28.9 Å². The number of hydrogen-bond donors (Lipinski definition) is 1. The molecule has 0 saturated heterocycles. The highest BCUT2D eigenvalue weighted by atomic mass is 16.1. The fourth-order valence-corrected chi connectivity index (χ4v) is 2.05. The van der Waals surface area contributed by atoms with Crippen LogP contribution in [0.4, 0.5) is 5.69 Å². The number of rotatable bonds is 3. The molecular formula is C16H18N2O. The first-order chi connectivity index (χ1) is 9.11. The molecule has 1 aromatic carbocycles. The zero-order valence-corrected chi connectivity index (χ0v) is 11.5. The molecule has 1 N–H and O–H groups in total. The van der Waals surface area contributed by atoms with E-state index in [0.29, 0.717) is 5.69 Å². The third kappa shape index (κ3) is 2.99. The van der Waals surface area contributed by atoms with Gasteiger partial charge in [-0.15, -0.1) is 0 Å². The summed E-state index contributed by atoms with van der Waals surface area (Å²) in [5, 5.41) is 2.97. The van der Waals surface area contributed by atoms with Gasteiger partial charge in [0.15, 0.2) is 0 Å². The number of nitrogens with zero attached hydrogens (tertiary/aromatic N) is 1. The number of nitrogens with one attached hydrogen (secondary N) is 1. The number of anilines is 1. The van der Waals surface area contributed by atoms with Crippen LogP contribution in [0.5, 0.6) is 0 Å². The van der Waals surface area contributed by atoms with Gasteiger partial charge in [0.2, 0.25) is 0 Å². The van der Waals surface area contributed by atoms with E-state index in [-0.39, 0.29) is 5.91 Å². The number of carbonyl (C=O) groups is 1. The maximum Gasteiger partial charge on any atom is 0.274 e. The minimum atomic E-state index is -0.160. The van der Waals surface area contributed by atoms with E-state index in [1.54, 1.807) is 6.07 Å². The standard InChI is InChI=1S/C16H18N2O/c1-4-13-9-5-7-11(2)15(13)18-16(19)14-10-6-8-12(3)17-14/h5-10H,4H2,1-3H3,(H,18,19). The predicted octanol–water partition coefficient (Wildman–Crippen LogP) is 3.51. The minimum Gasteiger partial charge on any atom is -0.320 e. The van der Waals surface area contributed by atoms with Crippen LogP contribution in [0.3, 0.4) is 0 Å². The topological polar surface area (TPSA) is 42.0 Å². The summed E-state index contributed by atoms with van der Waals surface area (Å²) in [6.07, 6.45) is 0.887. The molecule has 0 unspecified atom stereocenters. The van der Waals surface area contributed by atoms with Crippen LogP contribution in [0.1, 0.15) is 34.2 Å². The molecule has 0 aliphatic rings. The van der Waals surface area contributed by atoms with Gasteiger partial charge in [-0.25, -0.2) is 4.98 Å². The third-order valence-corrected chi connectivity index (χ3v) is 3.10. The van der Waals surface area contributed by atoms with Crippen LogP contribution in [0.2, 0.25) is 0 Å². The minimum absolute atomic E-state index is 0.160. The van der Waals surface area contributed by atoms with Crippen molar-refractivity contribution < 1.29 is 4.79 Å². The molecule has 2 aromatic rings. The van der Waals surface area contributed by atoms with Crippen molar-refractivity contribution in [3.63, 3.8) is 0 Å². The van der Waals surface area contributed by atoms with Gasteiger partial charge in [0.25, 0.3) is 5.91 Å². The maximum absolute atomic E-state index is 12.2. The molecule has 0 saturated carbocycles. The van der Waals surface area contributed by atoms with E-state index in [2.05, 4.69) is 17.2 Å².